The summed E-state index contributed by atoms with van der Waals surface area (Å²) in [7, 11) is -7.93. The number of aromatic nitrogens is 4. The van der Waals surface area contributed by atoms with Gasteiger partial charge in [-0.15, -0.1) is 10.2 Å². The predicted octanol–water partition coefficient (Wildman–Crippen LogP) is 5.95. The number of likely N-dealkylation sites (tertiary alicyclic amines) is 1. The fourth-order valence-corrected chi connectivity index (χ4v) is 11.9. The molecule has 2 fully saturated rings. The van der Waals surface area contributed by atoms with Gasteiger partial charge in [-0.3, -0.25) is 0 Å². The first-order valence-corrected chi connectivity index (χ1v) is 24.8. The van der Waals surface area contributed by atoms with Crippen molar-refractivity contribution in [1.82, 2.24) is 39.5 Å². The van der Waals surface area contributed by atoms with Crippen molar-refractivity contribution in [1.29, 1.82) is 0 Å². The van der Waals surface area contributed by atoms with E-state index in [2.05, 4.69) is 20.4 Å². The smallest absolute Gasteiger partial charge is 0.407 e. The van der Waals surface area contributed by atoms with Crippen LogP contribution in [0.25, 0.3) is 11.4 Å². The third kappa shape index (κ3) is 12.0. The molecule has 352 valence electrons. The minimum atomic E-state index is -4.81. The van der Waals surface area contributed by atoms with Crippen LogP contribution in [0.2, 0.25) is 0 Å². The molecule has 20 heteroatoms. The summed E-state index contributed by atoms with van der Waals surface area (Å²) in [6, 6.07) is 27.4. The number of benzene rings is 4. The molecule has 2 aliphatic rings. The zero-order chi connectivity index (χ0) is 47.1. The zero-order valence-corrected chi connectivity index (χ0v) is 39.2. The van der Waals surface area contributed by atoms with Gasteiger partial charge in [-0.05, 0) is 98.5 Å². The molecule has 0 saturated carbocycles. The van der Waals surface area contributed by atoms with Gasteiger partial charge in [-0.1, -0.05) is 72.8 Å². The molecule has 0 aliphatic carbocycles. The van der Waals surface area contributed by atoms with E-state index in [0.29, 0.717) is 61.5 Å². The van der Waals surface area contributed by atoms with Crippen molar-refractivity contribution in [3.05, 3.63) is 114 Å². The second-order valence-electron chi connectivity index (χ2n) is 17.5. The highest BCUT2D eigenvalue weighted by atomic mass is 32.2. The Morgan fingerprint density at radius 3 is 2.05 bits per heavy atom. The van der Waals surface area contributed by atoms with Crippen LogP contribution in [0, 0.1) is 5.92 Å². The molecule has 4 aromatic carbocycles. The number of ether oxygens (including phenoxy) is 2. The Hall–Kier alpha value is -6.09. The van der Waals surface area contributed by atoms with Crippen molar-refractivity contribution < 1.29 is 41.0 Å². The van der Waals surface area contributed by atoms with Crippen LogP contribution in [0.5, 0.6) is 5.75 Å². The van der Waals surface area contributed by atoms with Gasteiger partial charge in [0.25, 0.3) is 0 Å². The van der Waals surface area contributed by atoms with E-state index in [1.165, 1.54) is 15.2 Å². The summed E-state index contributed by atoms with van der Waals surface area (Å²) in [6.07, 6.45) is 0.583. The van der Waals surface area contributed by atoms with E-state index in [-0.39, 0.29) is 56.5 Å². The van der Waals surface area contributed by atoms with Crippen LogP contribution < -0.4 is 19.7 Å². The number of carbonyl (C=O) groups excluding carboxylic acids is 1. The lowest BCUT2D eigenvalue weighted by Gasteiger charge is -2.35. The van der Waals surface area contributed by atoms with Gasteiger partial charge in [0.1, 0.15) is 21.1 Å². The molecule has 5 aromatic rings. The van der Waals surface area contributed by atoms with Gasteiger partial charge in [-0.2, -0.15) is 9.10 Å². The van der Waals surface area contributed by atoms with Crippen LogP contribution in [0.4, 0.5) is 15.3 Å². The van der Waals surface area contributed by atoms with Crippen LogP contribution in [0.15, 0.2) is 107 Å². The molecule has 0 unspecified atom stereocenters. The second kappa shape index (κ2) is 20.6. The van der Waals surface area contributed by atoms with Gasteiger partial charge in [0.05, 0.1) is 19.2 Å². The number of nitrogens with one attached hydrogen (secondary N) is 2. The predicted molar refractivity (Wildman–Crippen MR) is 247 cm³/mol. The largest absolute Gasteiger partial charge is 0.497 e. The van der Waals surface area contributed by atoms with Crippen molar-refractivity contribution >= 4 is 37.9 Å². The van der Waals surface area contributed by atoms with Crippen molar-refractivity contribution in [2.24, 2.45) is 5.92 Å². The Morgan fingerprint density at radius 2 is 1.47 bits per heavy atom. The maximum absolute atomic E-state index is 15.9. The van der Waals surface area contributed by atoms with E-state index in [1.807, 2.05) is 29.2 Å². The number of rotatable bonds is 17. The lowest BCUT2D eigenvalue weighted by atomic mass is 9.93. The molecule has 2 saturated heterocycles. The summed E-state index contributed by atoms with van der Waals surface area (Å²) in [5.74, 6) is 0.776. The van der Waals surface area contributed by atoms with Gasteiger partial charge < -0.3 is 29.7 Å². The molecule has 0 radical (unpaired) electrons. The SMILES string of the molecule is COc1ccc(Cn2nnc(-c3c(N4CCC(CCNC(=O)OC(C)(C)C)CC4)ccc(S(=O)(=O)N[C@@H]4CCN(C(=O)O)C4)c3S(=O)(=O)N(Cc3ccccc3)Cc3ccccc3)n2)cc1. The summed E-state index contributed by atoms with van der Waals surface area (Å²) in [5.41, 5.74) is 1.89. The van der Waals surface area contributed by atoms with E-state index in [1.54, 1.807) is 94.6 Å². The number of alkyl carbamates (subject to hydrolysis) is 1. The molecule has 2 aliphatic heterocycles. The maximum atomic E-state index is 15.9. The van der Waals surface area contributed by atoms with E-state index in [0.717, 1.165) is 10.5 Å². The van der Waals surface area contributed by atoms with Crippen molar-refractivity contribution in [3.63, 3.8) is 0 Å². The molecule has 66 heavy (non-hydrogen) atoms. The second-order valence-corrected chi connectivity index (χ2v) is 21.1. The first-order chi connectivity index (χ1) is 31.5. The quantitative estimate of drug-likeness (QED) is 0.0983. The van der Waals surface area contributed by atoms with E-state index >= 15 is 8.42 Å². The van der Waals surface area contributed by atoms with E-state index in [9.17, 15) is 23.1 Å². The number of carbonyl (C=O) groups is 2. The van der Waals surface area contributed by atoms with Crippen molar-refractivity contribution in [2.75, 3.05) is 44.7 Å². The average Bonchev–Trinajstić information content (AvgIpc) is 3.96. The maximum Gasteiger partial charge on any atom is 0.407 e. The average molecular weight is 944 g/mol. The Labute approximate surface area is 386 Å². The number of nitrogens with zero attached hydrogens (tertiary/aromatic N) is 7. The van der Waals surface area contributed by atoms with Crippen LogP contribution in [-0.4, -0.2) is 115 Å². The molecule has 1 atom stereocenters. The van der Waals surface area contributed by atoms with Crippen LogP contribution in [0.3, 0.4) is 0 Å². The van der Waals surface area contributed by atoms with Gasteiger partial charge in [0.15, 0.2) is 0 Å². The Kier molecular flexibility index (Phi) is 14.9. The Bertz CT molecular complexity index is 2630. The molecule has 1 aromatic heterocycles. The molecule has 3 heterocycles. The van der Waals surface area contributed by atoms with Crippen molar-refractivity contribution in [2.45, 2.75) is 87.5 Å². The number of tetrazole rings is 1. The number of piperidine rings is 1. The third-order valence-electron chi connectivity index (χ3n) is 11.5. The highest BCUT2D eigenvalue weighted by Crippen LogP contribution is 2.42. The molecule has 0 bridgehead atoms. The number of hydrogen-bond donors (Lipinski definition) is 3. The Morgan fingerprint density at radius 1 is 0.833 bits per heavy atom. The van der Waals surface area contributed by atoms with Crippen LogP contribution in [0.1, 0.15) is 63.1 Å². The topological polar surface area (TPSA) is 218 Å². The summed E-state index contributed by atoms with van der Waals surface area (Å²) >= 11 is 0. The summed E-state index contributed by atoms with van der Waals surface area (Å²) < 4.78 is 76.0. The molecule has 0 spiro atoms. The molecule has 18 nitrogen and oxygen atoms in total. The minimum absolute atomic E-state index is 0.0337. The monoisotopic (exact) mass is 943 g/mol. The minimum Gasteiger partial charge on any atom is -0.497 e. The molecule has 2 amide bonds. The number of carboxylic acid groups (broad SMARTS) is 1. The Balaban J connectivity index is 1.34. The molecule has 3 N–H and O–H groups in total. The molecule has 7 rings (SSSR count). The van der Waals surface area contributed by atoms with E-state index in [4.69, 9.17) is 14.6 Å². The van der Waals surface area contributed by atoms with Gasteiger partial charge in [-0.25, -0.2) is 31.1 Å². The number of methoxy groups -OCH3 is 1. The fourth-order valence-electron chi connectivity index (χ4n) is 8.20. The van der Waals surface area contributed by atoms with Gasteiger partial charge in [0, 0.05) is 57.5 Å². The number of sulfonamides is 2. The van der Waals surface area contributed by atoms with Crippen LogP contribution in [-0.2, 0) is 44.4 Å². The fraction of sp³-hybridized carbons (Fsp3) is 0.413. The van der Waals surface area contributed by atoms with Crippen molar-refractivity contribution in [3.8, 4) is 17.1 Å². The molecular weight excluding hydrogens is 887 g/mol. The number of anilines is 1. The summed E-state index contributed by atoms with van der Waals surface area (Å²) in [6.45, 7) is 6.71. The molecular formula is C46H57N9O9S2. The number of amides is 2. The standard InChI is InChI=1S/C46H57N9O9S2/c1-46(2,3)64-44(56)47-25-21-33-22-26-52(27-23-33)39-19-20-40(65(59,60)50-37-24-28-53(32-37)45(57)58)42(41(39)43-48-51-55(49-43)31-36-15-17-38(63-4)18-16-36)66(61,62)54(29-34-11-7-5-8-12-34)30-35-13-9-6-10-14-35/h5-20,33,37,50H,21-32H2,1-4H3,(H,47,56)(H,57,58)/t37-/m1/s1. The lowest BCUT2D eigenvalue weighted by molar-refractivity contribution is 0.0524. The normalized spacial score (nSPS) is 16.1. The highest BCUT2D eigenvalue weighted by Gasteiger charge is 2.40. The van der Waals surface area contributed by atoms with Gasteiger partial charge in [0.2, 0.25) is 25.9 Å². The van der Waals surface area contributed by atoms with Gasteiger partial charge >= 0.3 is 12.2 Å². The lowest BCUT2D eigenvalue weighted by Crippen LogP contribution is -2.40. The summed E-state index contributed by atoms with van der Waals surface area (Å²) in [5, 5.41) is 26.0. The van der Waals surface area contributed by atoms with E-state index < -0.39 is 53.7 Å². The zero-order valence-electron chi connectivity index (χ0n) is 37.5. The first-order valence-electron chi connectivity index (χ1n) is 21.9. The van der Waals surface area contributed by atoms with Crippen LogP contribution >= 0.6 is 0 Å². The first kappa shape index (κ1) is 47.9. The highest BCUT2D eigenvalue weighted by molar-refractivity contribution is 7.92. The number of hydrogen-bond acceptors (Lipinski definition) is 12. The summed E-state index contributed by atoms with van der Waals surface area (Å²) in [4.78, 5) is 27.6. The third-order valence-corrected chi connectivity index (χ3v) is 15.1.